The molecular formula is C17H27NOS. The minimum absolute atomic E-state index is 0.584. The normalized spacial score (nSPS) is 20.1. The van der Waals surface area contributed by atoms with E-state index in [1.807, 2.05) is 0 Å². The van der Waals surface area contributed by atoms with E-state index >= 15 is 0 Å². The van der Waals surface area contributed by atoms with Crippen molar-refractivity contribution in [1.82, 2.24) is 5.32 Å². The quantitative estimate of drug-likeness (QED) is 0.829. The lowest BCUT2D eigenvalue weighted by atomic mass is 9.92. The molecule has 1 saturated heterocycles. The molecule has 1 N–H and O–H groups in total. The molecule has 1 fully saturated rings. The zero-order valence-electron chi connectivity index (χ0n) is 12.9. The van der Waals surface area contributed by atoms with Crippen LogP contribution >= 0.6 is 11.8 Å². The van der Waals surface area contributed by atoms with Crippen molar-refractivity contribution >= 4 is 11.8 Å². The standard InChI is InChI=1S/C17H27NOS/c1-4-8-18-16(14-7-9-20-12-14)11-15-10-13(2)5-6-17(15)19-3/h5-6,10,14,16,18H,4,7-9,11-12H2,1-3H3. The van der Waals surface area contributed by atoms with Crippen LogP contribution in [0.25, 0.3) is 0 Å². The fourth-order valence-electron chi connectivity index (χ4n) is 2.91. The number of thioether (sulfide) groups is 1. The third-order valence-electron chi connectivity index (χ3n) is 4.07. The van der Waals surface area contributed by atoms with Gasteiger partial charge in [-0.25, -0.2) is 0 Å². The van der Waals surface area contributed by atoms with E-state index in [2.05, 4.69) is 49.1 Å². The minimum Gasteiger partial charge on any atom is -0.496 e. The molecule has 0 saturated carbocycles. The van der Waals surface area contributed by atoms with Crippen molar-refractivity contribution in [1.29, 1.82) is 0 Å². The molecule has 0 bridgehead atoms. The summed E-state index contributed by atoms with van der Waals surface area (Å²) in [6.45, 7) is 5.50. The van der Waals surface area contributed by atoms with Gasteiger partial charge in [-0.1, -0.05) is 24.6 Å². The molecule has 2 nitrogen and oxygen atoms in total. The summed E-state index contributed by atoms with van der Waals surface area (Å²) in [7, 11) is 1.77. The number of hydrogen-bond donors (Lipinski definition) is 1. The second kappa shape index (κ2) is 7.94. The van der Waals surface area contributed by atoms with Crippen molar-refractivity contribution in [2.24, 2.45) is 5.92 Å². The van der Waals surface area contributed by atoms with Gasteiger partial charge in [0.1, 0.15) is 5.75 Å². The maximum Gasteiger partial charge on any atom is 0.122 e. The van der Waals surface area contributed by atoms with Crippen molar-refractivity contribution in [3.05, 3.63) is 29.3 Å². The van der Waals surface area contributed by atoms with Gasteiger partial charge in [-0.05, 0) is 61.8 Å². The fraction of sp³-hybridized carbons (Fsp3) is 0.647. The Morgan fingerprint density at radius 2 is 2.30 bits per heavy atom. The largest absolute Gasteiger partial charge is 0.496 e. The Kier molecular flexibility index (Phi) is 6.24. The molecule has 0 spiro atoms. The first-order valence-electron chi connectivity index (χ1n) is 7.69. The highest BCUT2D eigenvalue weighted by molar-refractivity contribution is 7.99. The van der Waals surface area contributed by atoms with E-state index in [1.165, 1.54) is 35.5 Å². The van der Waals surface area contributed by atoms with Gasteiger partial charge in [0.2, 0.25) is 0 Å². The molecule has 2 atom stereocenters. The topological polar surface area (TPSA) is 21.3 Å². The zero-order chi connectivity index (χ0) is 14.4. The molecule has 0 aliphatic carbocycles. The van der Waals surface area contributed by atoms with Gasteiger partial charge in [0.25, 0.3) is 0 Å². The summed E-state index contributed by atoms with van der Waals surface area (Å²) in [5, 5.41) is 3.76. The summed E-state index contributed by atoms with van der Waals surface area (Å²) in [6, 6.07) is 7.09. The Morgan fingerprint density at radius 3 is 2.95 bits per heavy atom. The van der Waals surface area contributed by atoms with Gasteiger partial charge in [-0.3, -0.25) is 0 Å². The fourth-order valence-corrected chi connectivity index (χ4v) is 4.25. The lowest BCUT2D eigenvalue weighted by Gasteiger charge is -2.25. The van der Waals surface area contributed by atoms with Gasteiger partial charge < -0.3 is 10.1 Å². The molecule has 1 aromatic carbocycles. The first kappa shape index (κ1) is 15.7. The van der Waals surface area contributed by atoms with E-state index < -0.39 is 0 Å². The van der Waals surface area contributed by atoms with E-state index in [1.54, 1.807) is 7.11 Å². The van der Waals surface area contributed by atoms with Gasteiger partial charge >= 0.3 is 0 Å². The smallest absolute Gasteiger partial charge is 0.122 e. The molecule has 20 heavy (non-hydrogen) atoms. The highest BCUT2D eigenvalue weighted by atomic mass is 32.2. The number of methoxy groups -OCH3 is 1. The van der Waals surface area contributed by atoms with Gasteiger partial charge in [0.05, 0.1) is 7.11 Å². The van der Waals surface area contributed by atoms with Crippen molar-refractivity contribution in [2.45, 2.75) is 39.2 Å². The molecule has 3 heteroatoms. The van der Waals surface area contributed by atoms with Gasteiger partial charge in [0, 0.05) is 6.04 Å². The van der Waals surface area contributed by atoms with Gasteiger partial charge in [0.15, 0.2) is 0 Å². The summed E-state index contributed by atoms with van der Waals surface area (Å²) >= 11 is 2.10. The Morgan fingerprint density at radius 1 is 1.45 bits per heavy atom. The van der Waals surface area contributed by atoms with Crippen LogP contribution in [0.1, 0.15) is 30.9 Å². The first-order valence-corrected chi connectivity index (χ1v) is 8.84. The summed E-state index contributed by atoms with van der Waals surface area (Å²) < 4.78 is 5.54. The van der Waals surface area contributed by atoms with Gasteiger partial charge in [-0.15, -0.1) is 0 Å². The molecule has 1 heterocycles. The molecule has 112 valence electrons. The summed E-state index contributed by atoms with van der Waals surface area (Å²) in [5.41, 5.74) is 2.66. The molecule has 0 radical (unpaired) electrons. The SMILES string of the molecule is CCCNC(Cc1cc(C)ccc1OC)C1CCSC1. The van der Waals surface area contributed by atoms with Crippen LogP contribution < -0.4 is 10.1 Å². The number of aryl methyl sites for hydroxylation is 1. The van der Waals surface area contributed by atoms with E-state index in [0.29, 0.717) is 6.04 Å². The number of rotatable bonds is 7. The minimum atomic E-state index is 0.584. The predicted molar refractivity (Wildman–Crippen MR) is 88.9 cm³/mol. The second-order valence-electron chi connectivity index (χ2n) is 5.70. The summed E-state index contributed by atoms with van der Waals surface area (Å²) in [5.74, 6) is 4.46. The van der Waals surface area contributed by atoms with Crippen LogP contribution in [0.4, 0.5) is 0 Å². The van der Waals surface area contributed by atoms with Crippen molar-refractivity contribution in [3.8, 4) is 5.75 Å². The number of hydrogen-bond acceptors (Lipinski definition) is 3. The lowest BCUT2D eigenvalue weighted by Crippen LogP contribution is -2.38. The third kappa shape index (κ3) is 4.16. The van der Waals surface area contributed by atoms with E-state index in [-0.39, 0.29) is 0 Å². The van der Waals surface area contributed by atoms with E-state index in [0.717, 1.165) is 24.6 Å². The molecule has 0 aromatic heterocycles. The molecule has 1 aromatic rings. The van der Waals surface area contributed by atoms with Gasteiger partial charge in [-0.2, -0.15) is 11.8 Å². The van der Waals surface area contributed by atoms with Crippen molar-refractivity contribution in [2.75, 3.05) is 25.2 Å². The van der Waals surface area contributed by atoms with E-state index in [4.69, 9.17) is 4.74 Å². The molecular weight excluding hydrogens is 266 g/mol. The molecule has 2 unspecified atom stereocenters. The number of benzene rings is 1. The Balaban J connectivity index is 2.11. The zero-order valence-corrected chi connectivity index (χ0v) is 13.8. The van der Waals surface area contributed by atoms with Crippen LogP contribution in [-0.4, -0.2) is 31.2 Å². The molecule has 1 aliphatic rings. The Hall–Kier alpha value is -0.670. The summed E-state index contributed by atoms with van der Waals surface area (Å²) in [6.07, 6.45) is 3.62. The Labute approximate surface area is 127 Å². The number of nitrogens with one attached hydrogen (secondary N) is 1. The average Bonchev–Trinajstić information content (AvgIpc) is 2.97. The summed E-state index contributed by atoms with van der Waals surface area (Å²) in [4.78, 5) is 0. The van der Waals surface area contributed by atoms with Crippen LogP contribution in [0, 0.1) is 12.8 Å². The van der Waals surface area contributed by atoms with Crippen LogP contribution in [0.15, 0.2) is 18.2 Å². The Bertz CT molecular complexity index is 415. The van der Waals surface area contributed by atoms with Crippen LogP contribution in [-0.2, 0) is 6.42 Å². The highest BCUT2D eigenvalue weighted by Gasteiger charge is 2.25. The first-order chi connectivity index (χ1) is 9.74. The molecule has 2 rings (SSSR count). The van der Waals surface area contributed by atoms with Crippen LogP contribution in [0.2, 0.25) is 0 Å². The molecule has 1 aliphatic heterocycles. The maximum absolute atomic E-state index is 5.54. The van der Waals surface area contributed by atoms with Crippen LogP contribution in [0.3, 0.4) is 0 Å². The van der Waals surface area contributed by atoms with Crippen molar-refractivity contribution in [3.63, 3.8) is 0 Å². The van der Waals surface area contributed by atoms with Crippen molar-refractivity contribution < 1.29 is 4.74 Å². The third-order valence-corrected chi connectivity index (χ3v) is 5.25. The highest BCUT2D eigenvalue weighted by Crippen LogP contribution is 2.30. The number of ether oxygens (including phenoxy) is 1. The lowest BCUT2D eigenvalue weighted by molar-refractivity contribution is 0.367. The predicted octanol–water partition coefficient (Wildman–Crippen LogP) is 3.67. The maximum atomic E-state index is 5.54. The monoisotopic (exact) mass is 293 g/mol. The average molecular weight is 293 g/mol. The van der Waals surface area contributed by atoms with Crippen LogP contribution in [0.5, 0.6) is 5.75 Å². The van der Waals surface area contributed by atoms with E-state index in [9.17, 15) is 0 Å². The second-order valence-corrected chi connectivity index (χ2v) is 6.85. The molecule has 0 amide bonds.